The third-order valence-electron chi connectivity index (χ3n) is 5.11. The first-order chi connectivity index (χ1) is 15.0. The summed E-state index contributed by atoms with van der Waals surface area (Å²) >= 11 is 1.43. The van der Waals surface area contributed by atoms with Crippen LogP contribution < -0.4 is 15.0 Å². The lowest BCUT2D eigenvalue weighted by Gasteiger charge is -2.17. The van der Waals surface area contributed by atoms with Crippen LogP contribution in [0.5, 0.6) is 5.75 Å². The minimum Gasteiger partial charge on any atom is -0.496 e. The minimum atomic E-state index is -0.351. The van der Waals surface area contributed by atoms with Crippen molar-refractivity contribution in [2.75, 3.05) is 31.4 Å². The van der Waals surface area contributed by atoms with E-state index >= 15 is 0 Å². The number of rotatable bonds is 7. The summed E-state index contributed by atoms with van der Waals surface area (Å²) in [4.78, 5) is 30.7. The van der Waals surface area contributed by atoms with Gasteiger partial charge in [-0.3, -0.25) is 14.5 Å². The van der Waals surface area contributed by atoms with Crippen molar-refractivity contribution in [2.24, 2.45) is 0 Å². The Bertz CT molecular complexity index is 1140. The van der Waals surface area contributed by atoms with Gasteiger partial charge in [0, 0.05) is 35.9 Å². The molecule has 1 aliphatic rings. The van der Waals surface area contributed by atoms with Crippen LogP contribution in [0.3, 0.4) is 0 Å². The third kappa shape index (κ3) is 4.04. The van der Waals surface area contributed by atoms with Gasteiger partial charge in [0.15, 0.2) is 0 Å². The molecule has 0 fully saturated rings. The molecule has 158 valence electrons. The summed E-state index contributed by atoms with van der Waals surface area (Å²) in [5, 5.41) is 5.09. The standard InChI is InChI=1S/C24H23N3O3S/c1-26(2)18-12-10-17(11-13-18)25-22-21(20-9-6-14-31-20)23(28)27(24(22)29)15-16-7-4-5-8-19(16)30-3/h4-14,25H,15H2,1-3H3. The average Bonchev–Trinajstić information content (AvgIpc) is 3.38. The van der Waals surface area contributed by atoms with Gasteiger partial charge in [-0.15, -0.1) is 11.3 Å². The minimum absolute atomic E-state index is 0.140. The second kappa shape index (κ2) is 8.65. The molecule has 0 saturated carbocycles. The molecule has 0 aliphatic carbocycles. The van der Waals surface area contributed by atoms with Crippen molar-refractivity contribution in [3.05, 3.63) is 82.2 Å². The average molecular weight is 434 g/mol. The molecule has 1 aromatic heterocycles. The van der Waals surface area contributed by atoms with Gasteiger partial charge in [0.2, 0.25) is 0 Å². The lowest BCUT2D eigenvalue weighted by atomic mass is 10.1. The second-order valence-corrected chi connectivity index (χ2v) is 8.25. The molecule has 0 atom stereocenters. The van der Waals surface area contributed by atoms with Crippen LogP contribution in [0.15, 0.2) is 71.7 Å². The number of amides is 2. The summed E-state index contributed by atoms with van der Waals surface area (Å²) in [5.74, 6) is -0.0248. The summed E-state index contributed by atoms with van der Waals surface area (Å²) in [5.41, 5.74) is 3.25. The number of nitrogens with one attached hydrogen (secondary N) is 1. The summed E-state index contributed by atoms with van der Waals surface area (Å²) in [6.45, 7) is 0.140. The first kappa shape index (κ1) is 20.7. The number of carbonyl (C=O) groups is 2. The first-order valence-corrected chi connectivity index (χ1v) is 10.7. The molecule has 4 rings (SSSR count). The Balaban J connectivity index is 1.68. The monoisotopic (exact) mass is 433 g/mol. The van der Waals surface area contributed by atoms with Crippen molar-refractivity contribution in [2.45, 2.75) is 6.54 Å². The van der Waals surface area contributed by atoms with Gasteiger partial charge in [-0.05, 0) is 41.8 Å². The van der Waals surface area contributed by atoms with Crippen molar-refractivity contribution in [3.8, 4) is 5.75 Å². The molecule has 0 spiro atoms. The van der Waals surface area contributed by atoms with E-state index < -0.39 is 0 Å². The van der Waals surface area contributed by atoms with E-state index in [1.165, 1.54) is 16.2 Å². The maximum atomic E-state index is 13.3. The Morgan fingerprint density at radius 2 is 1.71 bits per heavy atom. The number of ether oxygens (including phenoxy) is 1. The highest BCUT2D eigenvalue weighted by atomic mass is 32.1. The third-order valence-corrected chi connectivity index (χ3v) is 6.00. The topological polar surface area (TPSA) is 61.9 Å². The van der Waals surface area contributed by atoms with Crippen molar-refractivity contribution in [3.63, 3.8) is 0 Å². The number of hydrogen-bond acceptors (Lipinski definition) is 6. The van der Waals surface area contributed by atoms with Gasteiger partial charge in [-0.1, -0.05) is 24.3 Å². The van der Waals surface area contributed by atoms with E-state index in [1.807, 2.05) is 85.0 Å². The number of benzene rings is 2. The summed E-state index contributed by atoms with van der Waals surface area (Å²) < 4.78 is 5.40. The molecule has 7 heteroatoms. The largest absolute Gasteiger partial charge is 0.496 e. The Morgan fingerprint density at radius 1 is 0.968 bits per heavy atom. The number of hydrogen-bond donors (Lipinski definition) is 1. The zero-order chi connectivity index (χ0) is 22.0. The predicted octanol–water partition coefficient (Wildman–Crippen LogP) is 4.21. The van der Waals surface area contributed by atoms with Gasteiger partial charge >= 0.3 is 0 Å². The molecule has 0 radical (unpaired) electrons. The van der Waals surface area contributed by atoms with E-state index in [9.17, 15) is 9.59 Å². The van der Waals surface area contributed by atoms with E-state index in [0.717, 1.165) is 21.8 Å². The molecule has 2 amide bonds. The molecule has 2 heterocycles. The Kier molecular flexibility index (Phi) is 5.77. The number of methoxy groups -OCH3 is 1. The van der Waals surface area contributed by atoms with Crippen LogP contribution in [0, 0.1) is 0 Å². The van der Waals surface area contributed by atoms with E-state index in [4.69, 9.17) is 4.74 Å². The second-order valence-electron chi connectivity index (χ2n) is 7.30. The van der Waals surface area contributed by atoms with Crippen LogP contribution in [-0.2, 0) is 16.1 Å². The zero-order valence-corrected chi connectivity index (χ0v) is 18.4. The zero-order valence-electron chi connectivity index (χ0n) is 17.6. The van der Waals surface area contributed by atoms with Gasteiger partial charge < -0.3 is 15.0 Å². The number of imide groups is 1. The van der Waals surface area contributed by atoms with Crippen LogP contribution >= 0.6 is 11.3 Å². The SMILES string of the molecule is COc1ccccc1CN1C(=O)C(Nc2ccc(N(C)C)cc2)=C(c2cccs2)C1=O. The quantitative estimate of drug-likeness (QED) is 0.566. The van der Waals surface area contributed by atoms with Gasteiger partial charge in [0.1, 0.15) is 11.4 Å². The van der Waals surface area contributed by atoms with Crippen molar-refractivity contribution < 1.29 is 14.3 Å². The fourth-order valence-corrected chi connectivity index (χ4v) is 4.24. The van der Waals surface area contributed by atoms with Gasteiger partial charge in [-0.25, -0.2) is 0 Å². The Labute approximate surface area is 185 Å². The first-order valence-electron chi connectivity index (χ1n) is 9.80. The van der Waals surface area contributed by atoms with Crippen LogP contribution in [0.4, 0.5) is 11.4 Å². The molecule has 1 aliphatic heterocycles. The highest BCUT2D eigenvalue weighted by molar-refractivity contribution is 7.11. The van der Waals surface area contributed by atoms with Crippen molar-refractivity contribution in [1.82, 2.24) is 4.90 Å². The van der Waals surface area contributed by atoms with Crippen LogP contribution in [0.25, 0.3) is 5.57 Å². The smallest absolute Gasteiger partial charge is 0.278 e. The van der Waals surface area contributed by atoms with Crippen molar-refractivity contribution >= 4 is 40.1 Å². The number of thiophene rings is 1. The molecule has 2 aromatic carbocycles. The van der Waals surface area contributed by atoms with Gasteiger partial charge in [-0.2, -0.15) is 0 Å². The fourth-order valence-electron chi connectivity index (χ4n) is 3.48. The lowest BCUT2D eigenvalue weighted by Crippen LogP contribution is -2.32. The molecular weight excluding hydrogens is 410 g/mol. The van der Waals surface area contributed by atoms with Crippen LogP contribution in [-0.4, -0.2) is 37.9 Å². The van der Waals surface area contributed by atoms with E-state index in [2.05, 4.69) is 5.32 Å². The molecule has 0 unspecified atom stereocenters. The van der Waals surface area contributed by atoms with Crippen molar-refractivity contribution in [1.29, 1.82) is 0 Å². The molecule has 6 nitrogen and oxygen atoms in total. The molecular formula is C24H23N3O3S. The maximum Gasteiger partial charge on any atom is 0.278 e. The van der Waals surface area contributed by atoms with Gasteiger partial charge in [0.05, 0.1) is 19.2 Å². The summed E-state index contributed by atoms with van der Waals surface area (Å²) in [6.07, 6.45) is 0. The summed E-state index contributed by atoms with van der Waals surface area (Å²) in [6, 6.07) is 18.8. The normalized spacial score (nSPS) is 13.7. The van der Waals surface area contributed by atoms with Crippen LogP contribution in [0.2, 0.25) is 0 Å². The lowest BCUT2D eigenvalue weighted by molar-refractivity contribution is -0.137. The fraction of sp³-hybridized carbons (Fsp3) is 0.167. The molecule has 31 heavy (non-hydrogen) atoms. The highest BCUT2D eigenvalue weighted by Gasteiger charge is 2.40. The number of nitrogens with zero attached hydrogens (tertiary/aromatic N) is 2. The molecule has 0 saturated heterocycles. The number of anilines is 2. The highest BCUT2D eigenvalue weighted by Crippen LogP contribution is 2.34. The number of carbonyl (C=O) groups excluding carboxylic acids is 2. The summed E-state index contributed by atoms with van der Waals surface area (Å²) in [7, 11) is 5.51. The number of para-hydroxylation sites is 1. The van der Waals surface area contributed by atoms with E-state index in [1.54, 1.807) is 7.11 Å². The van der Waals surface area contributed by atoms with Gasteiger partial charge in [0.25, 0.3) is 11.8 Å². The van der Waals surface area contributed by atoms with E-state index in [-0.39, 0.29) is 18.4 Å². The maximum absolute atomic E-state index is 13.3. The predicted molar refractivity (Wildman–Crippen MR) is 124 cm³/mol. The Hall–Kier alpha value is -3.58. The van der Waals surface area contributed by atoms with Crippen LogP contribution in [0.1, 0.15) is 10.4 Å². The molecule has 0 bridgehead atoms. The van der Waals surface area contributed by atoms with E-state index in [0.29, 0.717) is 17.0 Å². The molecule has 3 aromatic rings. The molecule has 1 N–H and O–H groups in total. The Morgan fingerprint density at radius 3 is 2.35 bits per heavy atom.